The van der Waals surface area contributed by atoms with Crippen molar-refractivity contribution in [2.45, 2.75) is 90.0 Å². The number of benzene rings is 3. The Bertz CT molecular complexity index is 2820. The molecule has 22 nitrogen and oxygen atoms in total. The van der Waals surface area contributed by atoms with Gasteiger partial charge >= 0.3 is 5.97 Å². The number of fused-ring (bicyclic) bond motifs is 5. The van der Waals surface area contributed by atoms with Crippen LogP contribution in [0.1, 0.15) is 85.7 Å². The highest BCUT2D eigenvalue weighted by Gasteiger charge is 2.38. The number of aliphatic hydroxyl groups excluding tert-OH is 2. The number of ketones is 2. The van der Waals surface area contributed by atoms with Gasteiger partial charge in [0.05, 0.1) is 16.8 Å². The monoisotopic (exact) mass is 1040 g/mol. The number of aliphatic hydroxyl groups is 2. The van der Waals surface area contributed by atoms with Gasteiger partial charge in [-0.05, 0) is 71.8 Å². The molecule has 0 fully saturated rings. The Balaban J connectivity index is 1.67. The van der Waals surface area contributed by atoms with Crippen LogP contribution in [0, 0.1) is 24.6 Å². The maximum atomic E-state index is 15.5. The van der Waals surface area contributed by atoms with E-state index in [1.807, 2.05) is 20.8 Å². The second-order valence-corrected chi connectivity index (χ2v) is 20.4. The number of carboxylic acid groups (broad SMARTS) is 1. The number of carbonyl (C=O) groups is 5. The molecule has 1 aromatic heterocycles. The molecule has 0 aliphatic carbocycles. The molecule has 6 atom stereocenters. The molecule has 2 amide bonds. The number of nitrogens with one attached hydrogen (secondary N) is 2. The van der Waals surface area contributed by atoms with Crippen LogP contribution < -0.4 is 41.9 Å². The number of nitrogen functional groups attached to an aromatic ring is 1. The van der Waals surface area contributed by atoms with Crippen molar-refractivity contribution in [3.63, 3.8) is 0 Å². The van der Waals surface area contributed by atoms with Crippen LogP contribution in [0.5, 0.6) is 17.2 Å². The molecule has 0 saturated carbocycles. The number of anilines is 1. The number of likely N-dealkylation sites (N-methyl/N-ethyl adjacent to an activating group) is 1. The zero-order chi connectivity index (χ0) is 54.3. The fraction of sp³-hybridized carbons (Fsp3) is 0.449. The maximum absolute atomic E-state index is 15.5. The molecular weight excluding hydrogens is 974 g/mol. The number of aryl methyl sites for hydroxylation is 1. The molecule has 3 aromatic carbocycles. The van der Waals surface area contributed by atoms with E-state index in [1.165, 1.54) is 63.4 Å². The lowest BCUT2D eigenvalue weighted by atomic mass is 9.86. The smallest absolute Gasteiger partial charge is 0.326 e. The van der Waals surface area contributed by atoms with Crippen LogP contribution in [0.2, 0.25) is 0 Å². The average molecular weight is 1040 g/mol. The number of hydrogen-bond donors (Lipinski definition) is 10. The molecule has 0 unspecified atom stereocenters. The first-order valence-electron chi connectivity index (χ1n) is 23.2. The molecule has 5 rings (SSSR count). The van der Waals surface area contributed by atoms with Crippen LogP contribution >= 0.6 is 0 Å². The number of Topliss-reactive ketones (excluding diaryl/α,β-unsaturated/α-hetero) is 2. The molecule has 73 heavy (non-hydrogen) atoms. The zero-order valence-corrected chi connectivity index (χ0v) is 42.2. The quantitative estimate of drug-likeness (QED) is 0.0595. The Labute approximate surface area is 421 Å². The van der Waals surface area contributed by atoms with Gasteiger partial charge in [-0.1, -0.05) is 39.8 Å². The van der Waals surface area contributed by atoms with E-state index in [1.54, 1.807) is 6.07 Å². The SMILES string of the molecule is Cc1nc(-c2ccc(C(C)(C)C)cc2F)nc(N)c1C(=O)C[C@@H](CCNS(N)(=O)=O)C(=O)N(C)[C@@H]1C(=O)C[C@@H](C)C(=O)N[C@H](C(=O)O)Cc2ccc(OC[C@H](O)CN)c(c2)-c2cc1cc(OC[C@H](O)CN)c2O. The number of carbonyl (C=O) groups excluding carboxylic acids is 4. The van der Waals surface area contributed by atoms with Crippen molar-refractivity contribution < 1.29 is 66.7 Å². The minimum atomic E-state index is -4.33. The standard InChI is InChI=1S/C49H64FN9O13S/c1-24-13-38(63)42(28-16-34(43(64)40(18-28)72-23-31(61)21-52)33-14-26(15-36(48(67)68)57-46(24)65)7-10-39(33)71-22-30(60)20-51)59(6)47(66)27(11-12-55-73(54,69)70)17-37(62)41-25(2)56-45(58-44(41)53)32-9-8-29(19-35(32)50)49(3,4)5/h7-10,14,16,18-19,24,27,30-31,36,42,55,60-61,64H,11-13,15,17,20-23,51-52H2,1-6H3,(H,57,65)(H,67,68)(H2,53,56,58)(H2,54,69,70)/t24-,27-,30-,31-,36+,42+/m1/s1. The molecular formula is C49H64FN9O13S. The summed E-state index contributed by atoms with van der Waals surface area (Å²) < 4.78 is 53.4. The van der Waals surface area contributed by atoms with Crippen molar-refractivity contribution in [1.82, 2.24) is 24.9 Å². The van der Waals surface area contributed by atoms with Gasteiger partial charge < -0.3 is 57.3 Å². The van der Waals surface area contributed by atoms with Crippen LogP contribution in [-0.2, 0) is 41.2 Å². The molecule has 0 spiro atoms. The van der Waals surface area contributed by atoms with Crippen molar-refractivity contribution in [3.05, 3.63) is 82.3 Å². The van der Waals surface area contributed by atoms with Gasteiger partial charge in [-0.25, -0.2) is 29.0 Å². The lowest BCUT2D eigenvalue weighted by molar-refractivity contribution is -0.144. The predicted octanol–water partition coefficient (Wildman–Crippen LogP) is 1.53. The number of nitrogens with two attached hydrogens (primary N) is 4. The van der Waals surface area contributed by atoms with Crippen molar-refractivity contribution in [1.29, 1.82) is 0 Å². The molecule has 24 heteroatoms. The number of halogens is 1. The van der Waals surface area contributed by atoms with E-state index in [0.717, 1.165) is 4.90 Å². The first-order valence-corrected chi connectivity index (χ1v) is 24.8. The number of carboxylic acids is 1. The Morgan fingerprint density at radius 3 is 2.16 bits per heavy atom. The number of phenolic OH excluding ortho intramolecular Hbond substituents is 1. The van der Waals surface area contributed by atoms with E-state index in [4.69, 9.17) is 31.8 Å². The van der Waals surface area contributed by atoms with Gasteiger partial charge in [0.1, 0.15) is 54.9 Å². The first-order chi connectivity index (χ1) is 34.1. The number of aliphatic carboxylic acids is 1. The van der Waals surface area contributed by atoms with Gasteiger partial charge in [0.2, 0.25) is 11.8 Å². The molecule has 1 aliphatic heterocycles. The van der Waals surface area contributed by atoms with Crippen molar-refractivity contribution in [3.8, 4) is 39.8 Å². The van der Waals surface area contributed by atoms with E-state index < -0.39 is 113 Å². The lowest BCUT2D eigenvalue weighted by Gasteiger charge is -2.32. The van der Waals surface area contributed by atoms with Gasteiger partial charge in [0, 0.05) is 68.9 Å². The predicted molar refractivity (Wildman–Crippen MR) is 266 cm³/mol. The first kappa shape index (κ1) is 57.2. The van der Waals surface area contributed by atoms with Crippen LogP contribution in [0.4, 0.5) is 10.2 Å². The number of ether oxygens (including phenoxy) is 2. The molecule has 2 heterocycles. The number of aromatic hydroxyl groups is 1. The molecule has 4 bridgehead atoms. The van der Waals surface area contributed by atoms with Crippen LogP contribution in [0.15, 0.2) is 48.5 Å². The third-order valence-corrected chi connectivity index (χ3v) is 12.9. The second kappa shape index (κ2) is 23.9. The molecule has 1 aliphatic rings. The summed E-state index contributed by atoms with van der Waals surface area (Å²) in [6.07, 6.45) is -4.35. The number of aromatic nitrogens is 2. The summed E-state index contributed by atoms with van der Waals surface area (Å²) in [6.45, 7) is 6.81. The number of nitrogens with zero attached hydrogens (tertiary/aromatic N) is 3. The zero-order valence-electron chi connectivity index (χ0n) is 41.3. The fourth-order valence-corrected chi connectivity index (χ4v) is 8.59. The van der Waals surface area contributed by atoms with E-state index in [-0.39, 0.29) is 94.6 Å². The van der Waals surface area contributed by atoms with Crippen LogP contribution in [-0.4, -0.2) is 131 Å². The van der Waals surface area contributed by atoms with Crippen molar-refractivity contribution in [2.75, 3.05) is 45.6 Å². The summed E-state index contributed by atoms with van der Waals surface area (Å²) in [6, 6.07) is 8.28. The molecule has 14 N–H and O–H groups in total. The van der Waals surface area contributed by atoms with Crippen LogP contribution in [0.3, 0.4) is 0 Å². The van der Waals surface area contributed by atoms with Crippen molar-refractivity contribution >= 4 is 45.4 Å². The molecule has 0 radical (unpaired) electrons. The summed E-state index contributed by atoms with van der Waals surface area (Å²) in [7, 11) is -3.11. The third kappa shape index (κ3) is 14.5. The summed E-state index contributed by atoms with van der Waals surface area (Å²) in [5.41, 5.74) is 18.0. The Kier molecular flexibility index (Phi) is 18.7. The average Bonchev–Trinajstić information content (AvgIpc) is 3.31. The summed E-state index contributed by atoms with van der Waals surface area (Å²) in [5.74, 6) is -9.36. The number of amides is 2. The van der Waals surface area contributed by atoms with E-state index in [0.29, 0.717) is 11.1 Å². The number of hydrogen-bond acceptors (Lipinski definition) is 17. The fourth-order valence-electron chi connectivity index (χ4n) is 8.18. The minimum absolute atomic E-state index is 0.00952. The lowest BCUT2D eigenvalue weighted by Crippen LogP contribution is -2.46. The van der Waals surface area contributed by atoms with Gasteiger partial charge in [-0.2, -0.15) is 8.42 Å². The Hall–Kier alpha value is -6.67. The summed E-state index contributed by atoms with van der Waals surface area (Å²) in [5, 5.41) is 50.5. The van der Waals surface area contributed by atoms with Crippen LogP contribution in [0.25, 0.3) is 22.5 Å². The van der Waals surface area contributed by atoms with E-state index in [2.05, 4.69) is 20.0 Å². The normalized spacial score (nSPS) is 17.7. The van der Waals surface area contributed by atoms with Gasteiger partial charge in [0.15, 0.2) is 28.9 Å². The van der Waals surface area contributed by atoms with E-state index in [9.17, 15) is 48.0 Å². The summed E-state index contributed by atoms with van der Waals surface area (Å²) in [4.78, 5) is 80.1. The highest BCUT2D eigenvalue weighted by atomic mass is 32.2. The Morgan fingerprint density at radius 2 is 1.59 bits per heavy atom. The Morgan fingerprint density at radius 1 is 0.945 bits per heavy atom. The number of phenols is 1. The largest absolute Gasteiger partial charge is 0.504 e. The molecule has 396 valence electrons. The third-order valence-electron chi connectivity index (χ3n) is 12.3. The van der Waals surface area contributed by atoms with Gasteiger partial charge in [-0.15, -0.1) is 0 Å². The van der Waals surface area contributed by atoms with Gasteiger partial charge in [0.25, 0.3) is 10.2 Å². The van der Waals surface area contributed by atoms with Crippen molar-refractivity contribution in [2.24, 2.45) is 28.4 Å². The second-order valence-electron chi connectivity index (χ2n) is 19.1. The molecule has 4 aromatic rings. The highest BCUT2D eigenvalue weighted by molar-refractivity contribution is 7.87. The van der Waals surface area contributed by atoms with E-state index >= 15 is 9.18 Å². The summed E-state index contributed by atoms with van der Waals surface area (Å²) >= 11 is 0. The van der Waals surface area contributed by atoms with Gasteiger partial charge in [-0.3, -0.25) is 19.2 Å². The highest BCUT2D eigenvalue weighted by Crippen LogP contribution is 2.45. The maximum Gasteiger partial charge on any atom is 0.326 e. The topological polar surface area (TPSA) is 376 Å². The molecule has 0 saturated heterocycles. The number of rotatable bonds is 19. The minimum Gasteiger partial charge on any atom is -0.504 e.